The molecule has 0 saturated heterocycles. The van der Waals surface area contributed by atoms with Gasteiger partial charge in [-0.15, -0.1) is 11.3 Å². The van der Waals surface area contributed by atoms with Crippen LogP contribution in [0.5, 0.6) is 0 Å². The SMILES string of the molecule is CCOC(=O)c1sc(C(O)C(O)CNC(=O)OC(C)(C)C)nc1C. The smallest absolute Gasteiger partial charge is 0.407 e. The lowest BCUT2D eigenvalue weighted by atomic mass is 10.2. The topological polar surface area (TPSA) is 118 Å². The van der Waals surface area contributed by atoms with Crippen molar-refractivity contribution in [2.24, 2.45) is 0 Å². The van der Waals surface area contributed by atoms with Gasteiger partial charge in [-0.25, -0.2) is 14.6 Å². The highest BCUT2D eigenvalue weighted by atomic mass is 32.1. The molecule has 24 heavy (non-hydrogen) atoms. The molecule has 1 aromatic heterocycles. The first-order valence-electron chi connectivity index (χ1n) is 7.52. The van der Waals surface area contributed by atoms with Crippen LogP contribution in [0, 0.1) is 6.92 Å². The number of carbonyl (C=O) groups is 2. The number of hydrogen-bond acceptors (Lipinski definition) is 8. The number of carbonyl (C=O) groups excluding carboxylic acids is 2. The fraction of sp³-hybridized carbons (Fsp3) is 0.667. The normalized spacial score (nSPS) is 14.0. The molecule has 3 N–H and O–H groups in total. The van der Waals surface area contributed by atoms with Gasteiger partial charge in [0.1, 0.15) is 27.7 Å². The van der Waals surface area contributed by atoms with Crippen LogP contribution in [0.15, 0.2) is 0 Å². The second kappa shape index (κ2) is 8.41. The molecule has 1 rings (SSSR count). The van der Waals surface area contributed by atoms with Crippen LogP contribution in [-0.4, -0.2) is 52.1 Å². The molecular formula is C15H24N2O6S. The Morgan fingerprint density at radius 2 is 1.96 bits per heavy atom. The van der Waals surface area contributed by atoms with Gasteiger partial charge in [0, 0.05) is 6.54 Å². The summed E-state index contributed by atoms with van der Waals surface area (Å²) in [4.78, 5) is 27.7. The van der Waals surface area contributed by atoms with Gasteiger partial charge in [-0.05, 0) is 34.6 Å². The number of aryl methyl sites for hydroxylation is 1. The molecule has 1 amide bonds. The first kappa shape index (κ1) is 20.3. The van der Waals surface area contributed by atoms with E-state index >= 15 is 0 Å². The van der Waals surface area contributed by atoms with Crippen LogP contribution in [0.25, 0.3) is 0 Å². The largest absolute Gasteiger partial charge is 0.462 e. The van der Waals surface area contributed by atoms with E-state index in [0.717, 1.165) is 11.3 Å². The number of hydrogen-bond donors (Lipinski definition) is 3. The summed E-state index contributed by atoms with van der Waals surface area (Å²) in [5.74, 6) is -0.521. The summed E-state index contributed by atoms with van der Waals surface area (Å²) in [6, 6.07) is 0. The van der Waals surface area contributed by atoms with E-state index in [0.29, 0.717) is 5.69 Å². The molecule has 8 nitrogen and oxygen atoms in total. The predicted octanol–water partition coefficient (Wildman–Crippen LogP) is 1.55. The molecule has 2 atom stereocenters. The summed E-state index contributed by atoms with van der Waals surface area (Å²) in [6.07, 6.45) is -3.33. The minimum absolute atomic E-state index is 0.175. The second-order valence-corrected chi connectivity index (χ2v) is 7.11. The molecule has 0 fully saturated rings. The molecule has 1 aromatic rings. The lowest BCUT2D eigenvalue weighted by Gasteiger charge is -2.21. The van der Waals surface area contributed by atoms with E-state index in [1.54, 1.807) is 34.6 Å². The molecule has 0 radical (unpaired) electrons. The van der Waals surface area contributed by atoms with E-state index in [1.807, 2.05) is 0 Å². The van der Waals surface area contributed by atoms with Crippen molar-refractivity contribution in [3.63, 3.8) is 0 Å². The third-order valence-electron chi connectivity index (χ3n) is 2.75. The van der Waals surface area contributed by atoms with Crippen LogP contribution in [0.4, 0.5) is 4.79 Å². The molecule has 0 spiro atoms. The quantitative estimate of drug-likeness (QED) is 0.659. The molecule has 0 aliphatic rings. The van der Waals surface area contributed by atoms with E-state index in [2.05, 4.69) is 10.3 Å². The molecule has 1 heterocycles. The first-order chi connectivity index (χ1) is 11.0. The Labute approximate surface area is 144 Å². The average Bonchev–Trinajstić information content (AvgIpc) is 2.84. The summed E-state index contributed by atoms with van der Waals surface area (Å²) >= 11 is 0.949. The van der Waals surface area contributed by atoms with Gasteiger partial charge >= 0.3 is 12.1 Å². The first-order valence-corrected chi connectivity index (χ1v) is 8.34. The lowest BCUT2D eigenvalue weighted by molar-refractivity contribution is 0.0128. The van der Waals surface area contributed by atoms with Gasteiger partial charge in [-0.3, -0.25) is 0 Å². The highest BCUT2D eigenvalue weighted by molar-refractivity contribution is 7.13. The fourth-order valence-electron chi connectivity index (χ4n) is 1.71. The number of rotatable bonds is 6. The summed E-state index contributed by atoms with van der Waals surface area (Å²) < 4.78 is 9.94. The molecule has 136 valence electrons. The zero-order valence-corrected chi connectivity index (χ0v) is 15.3. The Kier molecular flexibility index (Phi) is 7.12. The fourth-order valence-corrected chi connectivity index (χ4v) is 2.71. The Balaban J connectivity index is 2.66. The van der Waals surface area contributed by atoms with Crippen molar-refractivity contribution < 1.29 is 29.3 Å². The minimum atomic E-state index is -1.34. The maximum absolute atomic E-state index is 11.7. The minimum Gasteiger partial charge on any atom is -0.462 e. The van der Waals surface area contributed by atoms with Crippen LogP contribution in [0.3, 0.4) is 0 Å². The van der Waals surface area contributed by atoms with Crippen LogP contribution in [-0.2, 0) is 9.47 Å². The van der Waals surface area contributed by atoms with E-state index in [-0.39, 0.29) is 23.0 Å². The Hall–Kier alpha value is -1.71. The summed E-state index contributed by atoms with van der Waals surface area (Å²) in [7, 11) is 0. The average molecular weight is 360 g/mol. The number of ether oxygens (including phenoxy) is 2. The van der Waals surface area contributed by atoms with Gasteiger partial charge in [-0.2, -0.15) is 0 Å². The molecule has 0 bridgehead atoms. The highest BCUT2D eigenvalue weighted by Gasteiger charge is 2.26. The molecule has 2 unspecified atom stereocenters. The molecule has 9 heteroatoms. The monoisotopic (exact) mass is 360 g/mol. The molecule has 0 aromatic carbocycles. The summed E-state index contributed by atoms with van der Waals surface area (Å²) in [5.41, 5.74) is -0.242. The van der Waals surface area contributed by atoms with Crippen molar-refractivity contribution in [1.29, 1.82) is 0 Å². The number of aromatic nitrogens is 1. The number of aliphatic hydroxyl groups excluding tert-OH is 2. The maximum atomic E-state index is 11.7. The second-order valence-electron chi connectivity index (χ2n) is 6.08. The van der Waals surface area contributed by atoms with Crippen LogP contribution < -0.4 is 5.32 Å². The zero-order chi connectivity index (χ0) is 18.5. The van der Waals surface area contributed by atoms with Gasteiger partial charge < -0.3 is 25.0 Å². The highest BCUT2D eigenvalue weighted by Crippen LogP contribution is 2.26. The lowest BCUT2D eigenvalue weighted by Crippen LogP contribution is -2.38. The van der Waals surface area contributed by atoms with Crippen molar-refractivity contribution in [3.8, 4) is 0 Å². The van der Waals surface area contributed by atoms with Crippen molar-refractivity contribution >= 4 is 23.4 Å². The van der Waals surface area contributed by atoms with Crippen molar-refractivity contribution in [3.05, 3.63) is 15.6 Å². The maximum Gasteiger partial charge on any atom is 0.407 e. The van der Waals surface area contributed by atoms with Crippen LogP contribution in [0.2, 0.25) is 0 Å². The van der Waals surface area contributed by atoms with Gasteiger partial charge in [-0.1, -0.05) is 0 Å². The summed E-state index contributed by atoms with van der Waals surface area (Å²) in [5, 5.41) is 22.7. The van der Waals surface area contributed by atoms with Crippen LogP contribution in [0.1, 0.15) is 54.2 Å². The molecule has 0 saturated carbocycles. The van der Waals surface area contributed by atoms with Crippen LogP contribution >= 0.6 is 11.3 Å². The van der Waals surface area contributed by atoms with E-state index in [4.69, 9.17) is 9.47 Å². The van der Waals surface area contributed by atoms with E-state index in [9.17, 15) is 19.8 Å². The third kappa shape index (κ3) is 6.06. The number of aliphatic hydroxyl groups is 2. The Morgan fingerprint density at radius 3 is 2.50 bits per heavy atom. The number of amides is 1. The zero-order valence-electron chi connectivity index (χ0n) is 14.5. The number of thiazole rings is 1. The van der Waals surface area contributed by atoms with Gasteiger partial charge in [0.15, 0.2) is 0 Å². The molecule has 0 aliphatic carbocycles. The number of nitrogens with one attached hydrogen (secondary N) is 1. The van der Waals surface area contributed by atoms with Crippen molar-refractivity contribution in [2.45, 2.75) is 52.4 Å². The summed E-state index contributed by atoms with van der Waals surface area (Å²) in [6.45, 7) is 8.47. The van der Waals surface area contributed by atoms with Crippen molar-refractivity contribution in [1.82, 2.24) is 10.3 Å². The van der Waals surface area contributed by atoms with Gasteiger partial charge in [0.05, 0.1) is 12.3 Å². The third-order valence-corrected chi connectivity index (χ3v) is 3.95. The number of alkyl carbamates (subject to hydrolysis) is 1. The Bertz CT molecular complexity index is 581. The predicted molar refractivity (Wildman–Crippen MR) is 88.0 cm³/mol. The van der Waals surface area contributed by atoms with E-state index in [1.165, 1.54) is 0 Å². The Morgan fingerprint density at radius 1 is 1.33 bits per heavy atom. The number of esters is 1. The standard InChI is InChI=1S/C15H24N2O6S/c1-6-22-13(20)11-8(2)17-12(24-11)10(19)9(18)7-16-14(21)23-15(3,4)5/h9-10,18-19H,6-7H2,1-5H3,(H,16,21). The number of nitrogens with zero attached hydrogens (tertiary/aromatic N) is 1. The van der Waals surface area contributed by atoms with Gasteiger partial charge in [0.25, 0.3) is 0 Å². The van der Waals surface area contributed by atoms with E-state index < -0.39 is 29.9 Å². The molecule has 0 aliphatic heterocycles. The molecular weight excluding hydrogens is 336 g/mol. The van der Waals surface area contributed by atoms with Crippen molar-refractivity contribution in [2.75, 3.05) is 13.2 Å². The van der Waals surface area contributed by atoms with Gasteiger partial charge in [0.2, 0.25) is 0 Å².